The number of carboxylic acid groups (broad SMARTS) is 1. The van der Waals surface area contributed by atoms with Crippen molar-refractivity contribution >= 4 is 17.6 Å². The number of ether oxygens (including phenoxy) is 1. The highest BCUT2D eigenvalue weighted by atomic mass is 35.5. The Balaban J connectivity index is 2.56. The van der Waals surface area contributed by atoms with Gasteiger partial charge in [0, 0.05) is 5.56 Å². The molecule has 0 saturated heterocycles. The van der Waals surface area contributed by atoms with E-state index in [0.29, 0.717) is 16.9 Å². The number of carboxylic acids is 1. The number of rotatable bonds is 3. The van der Waals surface area contributed by atoms with Gasteiger partial charge in [-0.2, -0.15) is 0 Å². The van der Waals surface area contributed by atoms with E-state index in [1.165, 1.54) is 37.4 Å². The smallest absolute Gasteiger partial charge is 0.337 e. The molecule has 2 rings (SSSR count). The lowest BCUT2D eigenvalue weighted by atomic mass is 10.0. The summed E-state index contributed by atoms with van der Waals surface area (Å²) in [6, 6.07) is 8.52. The molecule has 1 N–H and O–H groups in total. The molecule has 0 aliphatic rings. The zero-order valence-electron chi connectivity index (χ0n) is 9.98. The topological polar surface area (TPSA) is 46.5 Å². The van der Waals surface area contributed by atoms with Crippen LogP contribution in [0, 0.1) is 5.82 Å². The van der Waals surface area contributed by atoms with Crippen molar-refractivity contribution in [3.8, 4) is 16.9 Å². The van der Waals surface area contributed by atoms with Crippen LogP contribution in [0.2, 0.25) is 5.02 Å². The van der Waals surface area contributed by atoms with E-state index in [-0.39, 0.29) is 10.6 Å². The molecule has 0 saturated carbocycles. The Bertz CT molecular complexity index is 641. The lowest BCUT2D eigenvalue weighted by Crippen LogP contribution is -1.97. The molecule has 0 aliphatic heterocycles. The third kappa shape index (κ3) is 2.69. The van der Waals surface area contributed by atoms with E-state index in [2.05, 4.69) is 0 Å². The summed E-state index contributed by atoms with van der Waals surface area (Å²) >= 11 is 5.89. The number of benzene rings is 2. The maximum Gasteiger partial charge on any atom is 0.337 e. The number of aromatic carboxylic acids is 1. The fourth-order valence-electron chi connectivity index (χ4n) is 1.76. The molecule has 0 spiro atoms. The summed E-state index contributed by atoms with van der Waals surface area (Å²) in [6.45, 7) is 0. The van der Waals surface area contributed by atoms with Crippen LogP contribution in [0.3, 0.4) is 0 Å². The molecule has 0 radical (unpaired) electrons. The van der Waals surface area contributed by atoms with Crippen molar-refractivity contribution in [2.24, 2.45) is 0 Å². The third-order valence-corrected chi connectivity index (χ3v) is 2.98. The quantitative estimate of drug-likeness (QED) is 0.929. The Morgan fingerprint density at radius 1 is 1.26 bits per heavy atom. The van der Waals surface area contributed by atoms with Gasteiger partial charge in [-0.1, -0.05) is 17.7 Å². The van der Waals surface area contributed by atoms with Crippen molar-refractivity contribution in [3.63, 3.8) is 0 Å². The Labute approximate surface area is 114 Å². The fourth-order valence-corrected chi connectivity index (χ4v) is 2.02. The molecular weight excluding hydrogens is 271 g/mol. The number of hydrogen-bond donors (Lipinski definition) is 1. The van der Waals surface area contributed by atoms with Crippen LogP contribution in [-0.2, 0) is 0 Å². The average molecular weight is 281 g/mol. The number of methoxy groups -OCH3 is 1. The van der Waals surface area contributed by atoms with Crippen LogP contribution >= 0.6 is 11.6 Å². The molecule has 2 aromatic rings. The second-order valence-electron chi connectivity index (χ2n) is 3.84. The van der Waals surface area contributed by atoms with E-state index in [4.69, 9.17) is 21.4 Å². The largest absolute Gasteiger partial charge is 0.496 e. The molecule has 0 fully saturated rings. The van der Waals surface area contributed by atoms with Gasteiger partial charge in [0.2, 0.25) is 0 Å². The molecule has 2 aromatic carbocycles. The SMILES string of the molecule is COc1ccc(F)cc1-c1ccc(C(=O)O)c(Cl)c1. The van der Waals surface area contributed by atoms with Gasteiger partial charge >= 0.3 is 5.97 Å². The first-order valence-electron chi connectivity index (χ1n) is 5.39. The highest BCUT2D eigenvalue weighted by Gasteiger charge is 2.12. The van der Waals surface area contributed by atoms with Crippen LogP contribution in [0.1, 0.15) is 10.4 Å². The molecule has 0 aromatic heterocycles. The summed E-state index contributed by atoms with van der Waals surface area (Å²) in [5.74, 6) is -1.03. The van der Waals surface area contributed by atoms with Crippen molar-refractivity contribution in [3.05, 3.63) is 52.8 Å². The summed E-state index contributed by atoms with van der Waals surface area (Å²) in [7, 11) is 1.48. The molecule has 5 heteroatoms. The minimum Gasteiger partial charge on any atom is -0.496 e. The molecule has 98 valence electrons. The van der Waals surface area contributed by atoms with E-state index in [1.54, 1.807) is 6.07 Å². The maximum atomic E-state index is 13.3. The summed E-state index contributed by atoms with van der Waals surface area (Å²) in [5, 5.41) is 9.00. The molecule has 0 atom stereocenters. The van der Waals surface area contributed by atoms with E-state index in [9.17, 15) is 9.18 Å². The van der Waals surface area contributed by atoms with E-state index in [0.717, 1.165) is 0 Å². The molecule has 0 bridgehead atoms. The molecule has 0 heterocycles. The van der Waals surface area contributed by atoms with Crippen molar-refractivity contribution in [1.29, 1.82) is 0 Å². The summed E-state index contributed by atoms with van der Waals surface area (Å²) < 4.78 is 18.4. The van der Waals surface area contributed by atoms with Crippen molar-refractivity contribution in [2.45, 2.75) is 0 Å². The van der Waals surface area contributed by atoms with E-state index >= 15 is 0 Å². The lowest BCUT2D eigenvalue weighted by Gasteiger charge is -2.10. The monoisotopic (exact) mass is 280 g/mol. The minimum absolute atomic E-state index is 0.000728. The molecule has 0 amide bonds. The van der Waals surface area contributed by atoms with Gasteiger partial charge in [0.05, 0.1) is 17.7 Å². The zero-order chi connectivity index (χ0) is 14.0. The first-order chi connectivity index (χ1) is 9.02. The van der Waals surface area contributed by atoms with Crippen LogP contribution in [0.25, 0.3) is 11.1 Å². The second kappa shape index (κ2) is 5.28. The Morgan fingerprint density at radius 3 is 2.58 bits per heavy atom. The Morgan fingerprint density at radius 2 is 2.00 bits per heavy atom. The maximum absolute atomic E-state index is 13.3. The Hall–Kier alpha value is -2.07. The van der Waals surface area contributed by atoms with Gasteiger partial charge in [-0.3, -0.25) is 0 Å². The molecule has 0 unspecified atom stereocenters. The molecule has 19 heavy (non-hydrogen) atoms. The van der Waals surface area contributed by atoms with Gasteiger partial charge in [-0.25, -0.2) is 9.18 Å². The zero-order valence-corrected chi connectivity index (χ0v) is 10.7. The summed E-state index contributed by atoms with van der Waals surface area (Å²) in [4.78, 5) is 10.9. The average Bonchev–Trinajstić information content (AvgIpc) is 2.38. The van der Waals surface area contributed by atoms with E-state index in [1.807, 2.05) is 0 Å². The predicted molar refractivity (Wildman–Crippen MR) is 70.4 cm³/mol. The van der Waals surface area contributed by atoms with Crippen LogP contribution < -0.4 is 4.74 Å². The third-order valence-electron chi connectivity index (χ3n) is 2.67. The van der Waals surface area contributed by atoms with Gasteiger partial charge in [0.15, 0.2) is 0 Å². The van der Waals surface area contributed by atoms with Crippen molar-refractivity contribution in [2.75, 3.05) is 7.11 Å². The number of carbonyl (C=O) groups is 1. The normalized spacial score (nSPS) is 10.3. The van der Waals surface area contributed by atoms with Gasteiger partial charge in [-0.15, -0.1) is 0 Å². The highest BCUT2D eigenvalue weighted by molar-refractivity contribution is 6.33. The summed E-state index contributed by atoms with van der Waals surface area (Å²) in [6.07, 6.45) is 0. The molecule has 3 nitrogen and oxygen atoms in total. The first kappa shape index (κ1) is 13.4. The van der Waals surface area contributed by atoms with Crippen LogP contribution in [0.5, 0.6) is 5.75 Å². The van der Waals surface area contributed by atoms with E-state index < -0.39 is 11.8 Å². The van der Waals surface area contributed by atoms with Crippen molar-refractivity contribution in [1.82, 2.24) is 0 Å². The van der Waals surface area contributed by atoms with Crippen LogP contribution in [-0.4, -0.2) is 18.2 Å². The standard InChI is InChI=1S/C14H10ClFO3/c1-19-13-5-3-9(16)7-11(13)8-2-4-10(14(17)18)12(15)6-8/h2-7H,1H3,(H,17,18). The Kier molecular flexibility index (Phi) is 3.71. The number of hydrogen-bond acceptors (Lipinski definition) is 2. The first-order valence-corrected chi connectivity index (χ1v) is 5.77. The van der Waals surface area contributed by atoms with Gasteiger partial charge < -0.3 is 9.84 Å². The van der Waals surface area contributed by atoms with Gasteiger partial charge in [-0.05, 0) is 35.9 Å². The second-order valence-corrected chi connectivity index (χ2v) is 4.25. The fraction of sp³-hybridized carbons (Fsp3) is 0.0714. The van der Waals surface area contributed by atoms with Crippen LogP contribution in [0.4, 0.5) is 4.39 Å². The predicted octanol–water partition coefficient (Wildman–Crippen LogP) is 3.85. The summed E-state index contributed by atoms with van der Waals surface area (Å²) in [5.41, 5.74) is 1.11. The molecular formula is C14H10ClFO3. The number of halogens is 2. The highest BCUT2D eigenvalue weighted by Crippen LogP contribution is 2.33. The van der Waals surface area contributed by atoms with Crippen LogP contribution in [0.15, 0.2) is 36.4 Å². The van der Waals surface area contributed by atoms with Crippen molar-refractivity contribution < 1.29 is 19.0 Å². The van der Waals surface area contributed by atoms with Gasteiger partial charge in [0.1, 0.15) is 11.6 Å². The molecule has 0 aliphatic carbocycles. The lowest BCUT2D eigenvalue weighted by molar-refractivity contribution is 0.0697. The minimum atomic E-state index is -1.11. The van der Waals surface area contributed by atoms with Gasteiger partial charge in [0.25, 0.3) is 0 Å².